The number of carbonyl (C=O) groups excluding carboxylic acids is 1. The van der Waals surface area contributed by atoms with Gasteiger partial charge in [0.15, 0.2) is 9.35 Å². The number of hydrogen-bond acceptors (Lipinski definition) is 6. The topological polar surface area (TPSA) is 42.9 Å². The van der Waals surface area contributed by atoms with Crippen LogP contribution in [-0.4, -0.2) is 22.2 Å². The summed E-state index contributed by atoms with van der Waals surface area (Å²) in [6.07, 6.45) is 1.90. The van der Waals surface area contributed by atoms with Gasteiger partial charge in [0.25, 0.3) is 0 Å². The Labute approximate surface area is 107 Å². The monoisotopic (exact) mass is 268 g/mol. The Balaban J connectivity index is 2.35. The van der Waals surface area contributed by atoms with Gasteiger partial charge in [-0.05, 0) is 18.4 Å². The van der Waals surface area contributed by atoms with E-state index in [4.69, 9.17) is 0 Å². The van der Waals surface area contributed by atoms with Crippen LogP contribution in [0.25, 0.3) is 0 Å². The third-order valence-corrected chi connectivity index (χ3v) is 4.21. The molecule has 0 aliphatic carbocycles. The van der Waals surface area contributed by atoms with Crippen molar-refractivity contribution < 1.29 is 4.79 Å². The van der Waals surface area contributed by atoms with E-state index in [1.807, 2.05) is 18.4 Å². The van der Waals surface area contributed by atoms with Crippen LogP contribution in [0.15, 0.2) is 33.5 Å². The first-order chi connectivity index (χ1) is 7.72. The van der Waals surface area contributed by atoms with Crippen LogP contribution in [0.3, 0.4) is 0 Å². The molecule has 0 fully saturated rings. The van der Waals surface area contributed by atoms with E-state index in [0.717, 1.165) is 4.34 Å². The zero-order valence-electron chi connectivity index (χ0n) is 8.38. The van der Waals surface area contributed by atoms with Gasteiger partial charge in [-0.2, -0.15) is 0 Å². The molecule has 1 heterocycles. The van der Waals surface area contributed by atoms with Gasteiger partial charge >= 0.3 is 0 Å². The van der Waals surface area contributed by atoms with Crippen LogP contribution in [-0.2, 0) is 0 Å². The zero-order valence-corrected chi connectivity index (χ0v) is 10.9. The molecule has 0 bridgehead atoms. The lowest BCUT2D eigenvalue weighted by molar-refractivity contribution is 0.103. The first-order valence-electron chi connectivity index (χ1n) is 4.42. The van der Waals surface area contributed by atoms with Crippen molar-refractivity contribution in [3.63, 3.8) is 0 Å². The number of thioether (sulfide) groups is 1. The highest BCUT2D eigenvalue weighted by molar-refractivity contribution is 8.00. The molecule has 16 heavy (non-hydrogen) atoms. The molecule has 1 aromatic heterocycles. The summed E-state index contributed by atoms with van der Waals surface area (Å²) in [6.45, 7) is 0. The van der Waals surface area contributed by atoms with Crippen molar-refractivity contribution in [1.29, 1.82) is 0 Å². The van der Waals surface area contributed by atoms with Gasteiger partial charge in [0.2, 0.25) is 5.78 Å². The van der Waals surface area contributed by atoms with Gasteiger partial charge in [0.05, 0.1) is 0 Å². The SMILES string of the molecule is CSc1nnc(C(=O)c2ccccc2S)s1. The van der Waals surface area contributed by atoms with Crippen molar-refractivity contribution >= 4 is 41.5 Å². The fraction of sp³-hybridized carbons (Fsp3) is 0.100. The predicted molar refractivity (Wildman–Crippen MR) is 68.8 cm³/mol. The molecule has 0 aliphatic rings. The standard InChI is InChI=1S/C10H8N2OS3/c1-15-10-12-11-9(16-10)8(13)6-4-2-3-5-7(6)14/h2-5,14H,1H3. The first kappa shape index (κ1) is 11.6. The molecule has 82 valence electrons. The Morgan fingerprint density at radius 1 is 1.38 bits per heavy atom. The smallest absolute Gasteiger partial charge is 0.224 e. The third-order valence-electron chi connectivity index (χ3n) is 1.92. The quantitative estimate of drug-likeness (QED) is 0.528. The Morgan fingerprint density at radius 3 is 2.75 bits per heavy atom. The van der Waals surface area contributed by atoms with Gasteiger partial charge < -0.3 is 0 Å². The molecule has 0 unspecified atom stereocenters. The lowest BCUT2D eigenvalue weighted by atomic mass is 10.1. The average molecular weight is 268 g/mol. The minimum atomic E-state index is -0.122. The summed E-state index contributed by atoms with van der Waals surface area (Å²) in [5, 5.41) is 8.17. The van der Waals surface area contributed by atoms with Gasteiger partial charge in [0, 0.05) is 10.5 Å². The van der Waals surface area contributed by atoms with Crippen LogP contribution >= 0.6 is 35.7 Å². The van der Waals surface area contributed by atoms with Crippen LogP contribution in [0.2, 0.25) is 0 Å². The van der Waals surface area contributed by atoms with E-state index in [1.165, 1.54) is 23.1 Å². The number of hydrogen-bond donors (Lipinski definition) is 1. The lowest BCUT2D eigenvalue weighted by Crippen LogP contribution is -2.01. The number of rotatable bonds is 3. The van der Waals surface area contributed by atoms with E-state index in [0.29, 0.717) is 15.5 Å². The summed E-state index contributed by atoms with van der Waals surface area (Å²) >= 11 is 7.03. The molecule has 0 N–H and O–H groups in total. The molecule has 6 heteroatoms. The molecule has 0 aliphatic heterocycles. The number of aromatic nitrogens is 2. The summed E-state index contributed by atoms with van der Waals surface area (Å²) in [5.41, 5.74) is 0.564. The van der Waals surface area contributed by atoms with E-state index in [-0.39, 0.29) is 5.78 Å². The number of benzene rings is 1. The van der Waals surface area contributed by atoms with E-state index in [2.05, 4.69) is 22.8 Å². The second-order valence-electron chi connectivity index (χ2n) is 2.92. The predicted octanol–water partition coefficient (Wildman–Crippen LogP) is 2.78. The van der Waals surface area contributed by atoms with Crippen molar-refractivity contribution in [2.75, 3.05) is 6.26 Å². The molecule has 0 atom stereocenters. The number of nitrogens with zero attached hydrogens (tertiary/aromatic N) is 2. The van der Waals surface area contributed by atoms with Crippen molar-refractivity contribution in [1.82, 2.24) is 10.2 Å². The Bertz CT molecular complexity index is 524. The molecule has 0 saturated heterocycles. The Kier molecular flexibility index (Phi) is 3.63. The summed E-state index contributed by atoms with van der Waals surface area (Å²) in [6, 6.07) is 7.17. The highest BCUT2D eigenvalue weighted by Gasteiger charge is 2.16. The molecule has 0 spiro atoms. The highest BCUT2D eigenvalue weighted by atomic mass is 32.2. The summed E-state index contributed by atoms with van der Waals surface area (Å²) in [5.74, 6) is -0.122. The van der Waals surface area contributed by atoms with E-state index >= 15 is 0 Å². The minimum absolute atomic E-state index is 0.122. The second-order valence-corrected chi connectivity index (χ2v) is 5.44. The van der Waals surface area contributed by atoms with E-state index in [1.54, 1.807) is 12.1 Å². The molecular weight excluding hydrogens is 260 g/mol. The largest absolute Gasteiger partial charge is 0.286 e. The average Bonchev–Trinajstić information content (AvgIpc) is 2.77. The number of carbonyl (C=O) groups is 1. The zero-order chi connectivity index (χ0) is 11.5. The fourth-order valence-corrected chi connectivity index (χ4v) is 2.65. The van der Waals surface area contributed by atoms with Gasteiger partial charge in [-0.25, -0.2) is 0 Å². The van der Waals surface area contributed by atoms with Crippen LogP contribution in [0.4, 0.5) is 0 Å². The summed E-state index contributed by atoms with van der Waals surface area (Å²) in [7, 11) is 0. The van der Waals surface area contributed by atoms with Gasteiger partial charge in [-0.1, -0.05) is 35.2 Å². The molecule has 0 amide bonds. The van der Waals surface area contributed by atoms with Crippen LogP contribution in [0.5, 0.6) is 0 Å². The maximum Gasteiger partial charge on any atom is 0.224 e. The van der Waals surface area contributed by atoms with Crippen LogP contribution in [0.1, 0.15) is 15.4 Å². The fourth-order valence-electron chi connectivity index (χ4n) is 1.16. The minimum Gasteiger partial charge on any atom is -0.286 e. The van der Waals surface area contributed by atoms with Crippen molar-refractivity contribution in [2.24, 2.45) is 0 Å². The normalized spacial score (nSPS) is 10.4. The number of ketones is 1. The number of thiol groups is 1. The van der Waals surface area contributed by atoms with E-state index in [9.17, 15) is 4.79 Å². The molecule has 3 nitrogen and oxygen atoms in total. The van der Waals surface area contributed by atoms with Crippen LogP contribution in [0, 0.1) is 0 Å². The molecule has 2 rings (SSSR count). The van der Waals surface area contributed by atoms with Gasteiger partial charge in [0.1, 0.15) is 0 Å². The molecule has 2 aromatic rings. The maximum absolute atomic E-state index is 12.0. The van der Waals surface area contributed by atoms with E-state index < -0.39 is 0 Å². The summed E-state index contributed by atoms with van der Waals surface area (Å²) < 4.78 is 0.792. The molecular formula is C10H8N2OS3. The highest BCUT2D eigenvalue weighted by Crippen LogP contribution is 2.23. The molecule has 0 saturated carbocycles. The Hall–Kier alpha value is -0.850. The Morgan fingerprint density at radius 2 is 2.12 bits per heavy atom. The van der Waals surface area contributed by atoms with Crippen molar-refractivity contribution in [2.45, 2.75) is 9.24 Å². The van der Waals surface area contributed by atoms with Crippen LogP contribution < -0.4 is 0 Å². The van der Waals surface area contributed by atoms with Gasteiger partial charge in [-0.3, -0.25) is 4.79 Å². The summed E-state index contributed by atoms with van der Waals surface area (Å²) in [4.78, 5) is 12.7. The second kappa shape index (κ2) is 4.99. The van der Waals surface area contributed by atoms with Crippen molar-refractivity contribution in [3.8, 4) is 0 Å². The third kappa shape index (κ3) is 2.28. The molecule has 0 radical (unpaired) electrons. The molecule has 1 aromatic carbocycles. The first-order valence-corrected chi connectivity index (χ1v) is 6.91. The lowest BCUT2D eigenvalue weighted by Gasteiger charge is -1.99. The van der Waals surface area contributed by atoms with Gasteiger partial charge in [-0.15, -0.1) is 22.8 Å². The maximum atomic E-state index is 12.0. The van der Waals surface area contributed by atoms with Crippen molar-refractivity contribution in [3.05, 3.63) is 34.8 Å².